The zero-order chi connectivity index (χ0) is 54.7. The zero-order valence-electron chi connectivity index (χ0n) is 46.8. The van der Waals surface area contributed by atoms with Crippen molar-refractivity contribution in [2.24, 2.45) is 0 Å². The van der Waals surface area contributed by atoms with E-state index < -0.39 is 67.3 Å². The fraction of sp³-hybridized carbons (Fsp3) is 0.683. The van der Waals surface area contributed by atoms with Gasteiger partial charge in [-0.05, 0) is 103 Å². The van der Waals surface area contributed by atoms with Crippen molar-refractivity contribution in [1.29, 1.82) is 0 Å². The molecule has 1 saturated heterocycles. The van der Waals surface area contributed by atoms with Crippen molar-refractivity contribution in [3.8, 4) is 0 Å². The zero-order valence-corrected chi connectivity index (χ0v) is 46.8. The van der Waals surface area contributed by atoms with Gasteiger partial charge in [-0.25, -0.2) is 4.79 Å². The van der Waals surface area contributed by atoms with Crippen LogP contribution >= 0.6 is 0 Å². The normalized spacial score (nSPS) is 18.9. The third-order valence-electron chi connectivity index (χ3n) is 12.6. The van der Waals surface area contributed by atoms with E-state index >= 15 is 0 Å². The molecule has 0 saturated carbocycles. The first-order chi connectivity index (χ1) is 36.6. The van der Waals surface area contributed by atoms with E-state index in [0.29, 0.717) is 25.7 Å². The summed E-state index contributed by atoms with van der Waals surface area (Å²) in [6, 6.07) is 0. The number of hydrogen-bond donors (Lipinski definition) is 3. The fourth-order valence-electron chi connectivity index (χ4n) is 8.21. The number of esters is 3. The van der Waals surface area contributed by atoms with Gasteiger partial charge in [0.25, 0.3) is 0 Å². The molecule has 0 bridgehead atoms. The van der Waals surface area contributed by atoms with E-state index in [2.05, 4.69) is 106 Å². The number of rotatable bonds is 48. The van der Waals surface area contributed by atoms with E-state index in [1.54, 1.807) is 0 Å². The maximum absolute atomic E-state index is 13.1. The molecule has 1 rings (SSSR count). The van der Waals surface area contributed by atoms with Gasteiger partial charge in [-0.3, -0.25) is 14.4 Å². The van der Waals surface area contributed by atoms with Crippen LogP contribution in [0.15, 0.2) is 97.2 Å². The van der Waals surface area contributed by atoms with Gasteiger partial charge in [0.05, 0.1) is 6.61 Å². The molecule has 3 N–H and O–H groups in total. The summed E-state index contributed by atoms with van der Waals surface area (Å²) >= 11 is 0. The van der Waals surface area contributed by atoms with Gasteiger partial charge in [-0.2, -0.15) is 0 Å². The molecule has 1 aliphatic heterocycles. The van der Waals surface area contributed by atoms with E-state index in [4.69, 9.17) is 23.7 Å². The summed E-state index contributed by atoms with van der Waals surface area (Å²) in [4.78, 5) is 51.0. The minimum Gasteiger partial charge on any atom is -0.479 e. The molecular weight excluding hydrogens is 949 g/mol. The molecule has 0 amide bonds. The van der Waals surface area contributed by atoms with Crippen molar-refractivity contribution >= 4 is 23.9 Å². The third-order valence-corrected chi connectivity index (χ3v) is 12.6. The number of hydrogen-bond acceptors (Lipinski definition) is 11. The largest absolute Gasteiger partial charge is 0.479 e. The quantitative estimate of drug-likeness (QED) is 0.0228. The Hall–Kier alpha value is -4.36. The molecule has 0 aromatic heterocycles. The third kappa shape index (κ3) is 40.6. The first-order valence-electron chi connectivity index (χ1n) is 29.2. The molecule has 0 spiro atoms. The lowest BCUT2D eigenvalue weighted by atomic mass is 9.98. The maximum Gasteiger partial charge on any atom is 0.335 e. The Morgan fingerprint density at radius 3 is 1.36 bits per heavy atom. The van der Waals surface area contributed by atoms with Crippen LogP contribution in [0.25, 0.3) is 0 Å². The van der Waals surface area contributed by atoms with Gasteiger partial charge < -0.3 is 39.0 Å². The number of carbonyl (C=O) groups is 4. The van der Waals surface area contributed by atoms with Crippen LogP contribution < -0.4 is 0 Å². The maximum atomic E-state index is 13.1. The van der Waals surface area contributed by atoms with Gasteiger partial charge in [-0.15, -0.1) is 0 Å². The monoisotopic (exact) mass is 1050 g/mol. The highest BCUT2D eigenvalue weighted by Crippen LogP contribution is 2.26. The molecule has 1 aliphatic rings. The highest BCUT2D eigenvalue weighted by atomic mass is 16.7. The summed E-state index contributed by atoms with van der Waals surface area (Å²) in [5.41, 5.74) is 0. The summed E-state index contributed by atoms with van der Waals surface area (Å²) in [6.07, 6.45) is 54.1. The van der Waals surface area contributed by atoms with Crippen molar-refractivity contribution in [2.75, 3.05) is 13.2 Å². The highest BCUT2D eigenvalue weighted by molar-refractivity contribution is 5.74. The minimum atomic E-state index is -1.93. The number of unbranched alkanes of at least 4 members (excludes halogenated alkanes) is 18. The Balaban J connectivity index is 2.72. The standard InChI is InChI=1S/C63H102O12/c1-4-7-10-13-16-19-22-25-26-27-28-29-30-33-34-37-40-43-46-49-55(64)71-52-54(73-56(65)50-47-44-41-38-35-31-23-20-17-14-11-8-5-2)53-72-63-61(59(68)58(67)60(75-63)62(69)70)74-57(66)51-48-45-42-39-36-32-24-21-18-15-12-9-6-3/h8-9,11-12,17-18,20-21,25-26,31-32,35-36,41,44,54,58-61,63,67-68H,4-7,10,13-16,19,22-24,27-30,33-34,37-40,42-43,45-53H2,1-3H3,(H,69,70)/b11-8-,12-9-,20-17-,21-18-,26-25-,35-31-,36-32-,44-41-. The molecule has 6 atom stereocenters. The van der Waals surface area contributed by atoms with Crippen LogP contribution in [0.4, 0.5) is 0 Å². The van der Waals surface area contributed by atoms with Crippen LogP contribution in [0.5, 0.6) is 0 Å². The number of allylic oxidation sites excluding steroid dienone is 16. The summed E-state index contributed by atoms with van der Waals surface area (Å²) < 4.78 is 28.3. The topological polar surface area (TPSA) is 175 Å². The average Bonchev–Trinajstić information content (AvgIpc) is 3.39. The summed E-state index contributed by atoms with van der Waals surface area (Å²) in [6.45, 7) is 5.67. The first-order valence-corrected chi connectivity index (χ1v) is 29.2. The van der Waals surface area contributed by atoms with Crippen LogP contribution in [0.3, 0.4) is 0 Å². The Bertz CT molecular complexity index is 1670. The lowest BCUT2D eigenvalue weighted by molar-refractivity contribution is -0.301. The van der Waals surface area contributed by atoms with E-state index in [0.717, 1.165) is 77.0 Å². The number of ether oxygens (including phenoxy) is 5. The second-order valence-electron chi connectivity index (χ2n) is 19.5. The molecule has 0 radical (unpaired) electrons. The molecule has 6 unspecified atom stereocenters. The predicted molar refractivity (Wildman–Crippen MR) is 303 cm³/mol. The lowest BCUT2D eigenvalue weighted by Gasteiger charge is -2.40. The second kappa shape index (κ2) is 50.5. The Labute approximate surface area is 453 Å². The van der Waals surface area contributed by atoms with Crippen LogP contribution in [0, 0.1) is 0 Å². The Kier molecular flexibility index (Phi) is 46.2. The summed E-state index contributed by atoms with van der Waals surface area (Å²) in [7, 11) is 0. The smallest absolute Gasteiger partial charge is 0.335 e. The van der Waals surface area contributed by atoms with Crippen LogP contribution in [-0.2, 0) is 42.9 Å². The molecule has 0 aromatic carbocycles. The minimum absolute atomic E-state index is 0.0132. The molecule has 1 heterocycles. The van der Waals surface area contributed by atoms with Crippen molar-refractivity contribution in [1.82, 2.24) is 0 Å². The molecule has 0 aliphatic carbocycles. The predicted octanol–water partition coefficient (Wildman–Crippen LogP) is 14.9. The van der Waals surface area contributed by atoms with Crippen LogP contribution in [-0.4, -0.2) is 89.2 Å². The highest BCUT2D eigenvalue weighted by Gasteiger charge is 2.50. The first kappa shape index (κ1) is 68.7. The van der Waals surface area contributed by atoms with E-state index in [9.17, 15) is 34.5 Å². The molecule has 426 valence electrons. The number of aliphatic hydroxyl groups excluding tert-OH is 2. The van der Waals surface area contributed by atoms with Crippen LogP contribution in [0.2, 0.25) is 0 Å². The van der Waals surface area contributed by atoms with Gasteiger partial charge in [0.15, 0.2) is 24.6 Å². The number of carbonyl (C=O) groups excluding carboxylic acids is 3. The van der Waals surface area contributed by atoms with Gasteiger partial charge in [-0.1, -0.05) is 201 Å². The van der Waals surface area contributed by atoms with Gasteiger partial charge in [0, 0.05) is 19.3 Å². The summed E-state index contributed by atoms with van der Waals surface area (Å²) in [5, 5.41) is 31.4. The van der Waals surface area contributed by atoms with E-state index in [-0.39, 0.29) is 25.9 Å². The van der Waals surface area contributed by atoms with Crippen molar-refractivity contribution in [2.45, 2.75) is 263 Å². The van der Waals surface area contributed by atoms with Gasteiger partial charge in [0.1, 0.15) is 18.8 Å². The van der Waals surface area contributed by atoms with Gasteiger partial charge in [0.2, 0.25) is 0 Å². The van der Waals surface area contributed by atoms with Crippen LogP contribution in [0.1, 0.15) is 226 Å². The Morgan fingerprint density at radius 1 is 0.453 bits per heavy atom. The number of aliphatic hydroxyl groups is 2. The number of carboxylic acids is 1. The molecule has 12 heteroatoms. The molecule has 12 nitrogen and oxygen atoms in total. The SMILES string of the molecule is CC/C=C\C/C=C\C/C=C\C/C=C\CCC(=O)OC(COC(=O)CCCCCCCCCCC/C=C\CCCCCCCC)COC1OC(C(=O)O)C(O)C(O)C1OC(=O)CCCCC/C=C\C/C=C\C/C=C\CC. The van der Waals surface area contributed by atoms with E-state index in [1.165, 1.54) is 83.5 Å². The van der Waals surface area contributed by atoms with Gasteiger partial charge >= 0.3 is 23.9 Å². The van der Waals surface area contributed by atoms with Crippen molar-refractivity contribution in [3.63, 3.8) is 0 Å². The number of carboxylic acid groups (broad SMARTS) is 1. The van der Waals surface area contributed by atoms with Crippen molar-refractivity contribution in [3.05, 3.63) is 97.2 Å². The Morgan fingerprint density at radius 2 is 0.867 bits per heavy atom. The molecular formula is C63H102O12. The lowest BCUT2D eigenvalue weighted by Crippen LogP contribution is -2.61. The fourth-order valence-corrected chi connectivity index (χ4v) is 8.21. The number of aliphatic carboxylic acids is 1. The average molecular weight is 1050 g/mol. The summed E-state index contributed by atoms with van der Waals surface area (Å²) in [5.74, 6) is -3.28. The molecule has 75 heavy (non-hydrogen) atoms. The molecule has 1 fully saturated rings. The molecule has 0 aromatic rings. The van der Waals surface area contributed by atoms with E-state index in [1.807, 2.05) is 12.2 Å². The second-order valence-corrected chi connectivity index (χ2v) is 19.5. The van der Waals surface area contributed by atoms with Crippen molar-refractivity contribution < 1.29 is 58.2 Å².